The molecule has 28 heavy (non-hydrogen) atoms. The fourth-order valence-electron chi connectivity index (χ4n) is 3.76. The Morgan fingerprint density at radius 1 is 1.32 bits per heavy atom. The maximum atomic E-state index is 12.6. The van der Waals surface area contributed by atoms with Crippen molar-refractivity contribution in [1.82, 2.24) is 4.90 Å². The van der Waals surface area contributed by atoms with E-state index in [2.05, 4.69) is 0 Å². The van der Waals surface area contributed by atoms with Gasteiger partial charge < -0.3 is 19.3 Å². The SMILES string of the molecule is CCOC(=O)[C@@H]1CCCN(C(=O)CCCN2C(=O)COc3ccc(C)cc32)C1. The van der Waals surface area contributed by atoms with E-state index >= 15 is 0 Å². The van der Waals surface area contributed by atoms with Crippen LogP contribution < -0.4 is 9.64 Å². The largest absolute Gasteiger partial charge is 0.482 e. The maximum Gasteiger partial charge on any atom is 0.310 e. The molecule has 7 heteroatoms. The van der Waals surface area contributed by atoms with Crippen molar-refractivity contribution in [2.24, 2.45) is 5.92 Å². The van der Waals surface area contributed by atoms with Crippen LogP contribution in [0.2, 0.25) is 0 Å². The number of likely N-dealkylation sites (tertiary alicyclic amines) is 1. The third-order valence-electron chi connectivity index (χ3n) is 5.22. The van der Waals surface area contributed by atoms with E-state index in [1.807, 2.05) is 25.1 Å². The number of aryl methyl sites for hydroxylation is 1. The first-order valence-electron chi connectivity index (χ1n) is 9.97. The average molecular weight is 388 g/mol. The Morgan fingerprint density at radius 3 is 2.93 bits per heavy atom. The van der Waals surface area contributed by atoms with Gasteiger partial charge in [0, 0.05) is 26.1 Å². The van der Waals surface area contributed by atoms with Gasteiger partial charge >= 0.3 is 5.97 Å². The van der Waals surface area contributed by atoms with Crippen LogP contribution in [0.5, 0.6) is 5.75 Å². The van der Waals surface area contributed by atoms with Crippen LogP contribution in [0, 0.1) is 12.8 Å². The minimum absolute atomic E-state index is 0.0252. The van der Waals surface area contributed by atoms with Crippen LogP contribution in [0.4, 0.5) is 5.69 Å². The highest BCUT2D eigenvalue weighted by Gasteiger charge is 2.30. The van der Waals surface area contributed by atoms with Gasteiger partial charge in [-0.25, -0.2) is 0 Å². The van der Waals surface area contributed by atoms with Crippen molar-refractivity contribution in [2.75, 3.05) is 37.7 Å². The number of benzene rings is 1. The third kappa shape index (κ3) is 4.64. The molecular weight excluding hydrogens is 360 g/mol. The minimum Gasteiger partial charge on any atom is -0.482 e. The number of amides is 2. The Hall–Kier alpha value is -2.57. The van der Waals surface area contributed by atoms with Crippen LogP contribution in [0.25, 0.3) is 0 Å². The second kappa shape index (κ2) is 9.08. The molecule has 152 valence electrons. The molecule has 1 aromatic carbocycles. The number of ether oxygens (including phenoxy) is 2. The van der Waals surface area contributed by atoms with Crippen molar-refractivity contribution in [2.45, 2.75) is 39.5 Å². The predicted octanol–water partition coefficient (Wildman–Crippen LogP) is 2.30. The Kier molecular flexibility index (Phi) is 6.54. The number of fused-ring (bicyclic) bond motifs is 1. The van der Waals surface area contributed by atoms with Crippen molar-refractivity contribution in [3.8, 4) is 5.75 Å². The summed E-state index contributed by atoms with van der Waals surface area (Å²) in [6.07, 6.45) is 2.49. The molecule has 0 radical (unpaired) electrons. The maximum absolute atomic E-state index is 12.6. The van der Waals surface area contributed by atoms with Gasteiger partial charge in [0.15, 0.2) is 6.61 Å². The van der Waals surface area contributed by atoms with Gasteiger partial charge in [0.25, 0.3) is 5.91 Å². The summed E-state index contributed by atoms with van der Waals surface area (Å²) < 4.78 is 10.6. The van der Waals surface area contributed by atoms with Gasteiger partial charge in [-0.05, 0) is 50.8 Å². The second-order valence-electron chi connectivity index (χ2n) is 7.34. The number of anilines is 1. The number of esters is 1. The Balaban J connectivity index is 1.54. The lowest BCUT2D eigenvalue weighted by molar-refractivity contribution is -0.151. The number of carbonyl (C=O) groups excluding carboxylic acids is 3. The molecule has 0 N–H and O–H groups in total. The number of hydrogen-bond acceptors (Lipinski definition) is 5. The molecule has 0 bridgehead atoms. The summed E-state index contributed by atoms with van der Waals surface area (Å²) in [5.74, 6) is 0.189. The summed E-state index contributed by atoms with van der Waals surface area (Å²) >= 11 is 0. The zero-order valence-corrected chi connectivity index (χ0v) is 16.6. The lowest BCUT2D eigenvalue weighted by Gasteiger charge is -2.32. The van der Waals surface area contributed by atoms with Gasteiger partial charge in [-0.15, -0.1) is 0 Å². The van der Waals surface area contributed by atoms with Gasteiger partial charge in [-0.1, -0.05) is 6.07 Å². The molecule has 0 aromatic heterocycles. The Bertz CT molecular complexity index is 748. The van der Waals surface area contributed by atoms with Crippen LogP contribution in [0.1, 0.15) is 38.2 Å². The summed E-state index contributed by atoms with van der Waals surface area (Å²) in [5.41, 5.74) is 1.82. The van der Waals surface area contributed by atoms with Gasteiger partial charge in [0.05, 0.1) is 18.2 Å². The fraction of sp³-hybridized carbons (Fsp3) is 0.571. The lowest BCUT2D eigenvalue weighted by Crippen LogP contribution is -2.43. The monoisotopic (exact) mass is 388 g/mol. The molecule has 2 aliphatic heterocycles. The number of carbonyl (C=O) groups is 3. The smallest absolute Gasteiger partial charge is 0.310 e. The first-order chi connectivity index (χ1) is 13.5. The van der Waals surface area contributed by atoms with Crippen molar-refractivity contribution in [3.63, 3.8) is 0 Å². The van der Waals surface area contributed by atoms with Gasteiger partial charge in [0.2, 0.25) is 5.91 Å². The van der Waals surface area contributed by atoms with E-state index in [0.717, 1.165) is 24.1 Å². The van der Waals surface area contributed by atoms with E-state index < -0.39 is 0 Å². The molecule has 1 aromatic rings. The van der Waals surface area contributed by atoms with Crippen molar-refractivity contribution in [1.29, 1.82) is 0 Å². The van der Waals surface area contributed by atoms with Crippen molar-refractivity contribution >= 4 is 23.5 Å². The predicted molar refractivity (Wildman–Crippen MR) is 104 cm³/mol. The molecule has 3 rings (SSSR count). The molecule has 1 atom stereocenters. The highest BCUT2D eigenvalue weighted by atomic mass is 16.5. The van der Waals surface area contributed by atoms with E-state index in [9.17, 15) is 14.4 Å². The highest BCUT2D eigenvalue weighted by Crippen LogP contribution is 2.33. The molecule has 2 amide bonds. The van der Waals surface area contributed by atoms with Crippen molar-refractivity contribution in [3.05, 3.63) is 23.8 Å². The third-order valence-corrected chi connectivity index (χ3v) is 5.22. The molecule has 1 saturated heterocycles. The average Bonchev–Trinajstić information content (AvgIpc) is 2.70. The topological polar surface area (TPSA) is 76.2 Å². The van der Waals surface area contributed by atoms with Crippen LogP contribution >= 0.6 is 0 Å². The van der Waals surface area contributed by atoms with Crippen LogP contribution in [-0.4, -0.2) is 55.5 Å². The second-order valence-corrected chi connectivity index (χ2v) is 7.34. The zero-order valence-electron chi connectivity index (χ0n) is 16.6. The number of nitrogens with zero attached hydrogens (tertiary/aromatic N) is 2. The van der Waals surface area contributed by atoms with E-state index in [4.69, 9.17) is 9.47 Å². The van der Waals surface area contributed by atoms with Crippen LogP contribution in [0.3, 0.4) is 0 Å². The van der Waals surface area contributed by atoms with Crippen LogP contribution in [-0.2, 0) is 19.1 Å². The molecule has 2 heterocycles. The Labute approximate surface area is 165 Å². The molecular formula is C21H28N2O5. The summed E-state index contributed by atoms with van der Waals surface area (Å²) in [6, 6.07) is 5.76. The lowest BCUT2D eigenvalue weighted by atomic mass is 9.98. The summed E-state index contributed by atoms with van der Waals surface area (Å²) in [4.78, 5) is 40.3. The molecule has 2 aliphatic rings. The molecule has 0 saturated carbocycles. The van der Waals surface area contributed by atoms with Gasteiger partial charge in [0.1, 0.15) is 5.75 Å². The normalized spacial score (nSPS) is 19.1. The summed E-state index contributed by atoms with van der Waals surface area (Å²) in [6.45, 7) is 5.71. The summed E-state index contributed by atoms with van der Waals surface area (Å²) in [7, 11) is 0. The standard InChI is InChI=1S/C21H28N2O5/c1-3-27-21(26)16-6-4-10-22(13-16)19(24)7-5-11-23-17-12-15(2)8-9-18(17)28-14-20(23)25/h8-9,12,16H,3-7,10-11,13-14H2,1-2H3/t16-/m1/s1. The fourth-order valence-corrected chi connectivity index (χ4v) is 3.76. The number of rotatable bonds is 6. The van der Waals surface area contributed by atoms with Gasteiger partial charge in [-0.3, -0.25) is 14.4 Å². The first kappa shape index (κ1) is 20.2. The number of piperidine rings is 1. The zero-order chi connectivity index (χ0) is 20.1. The number of hydrogen-bond donors (Lipinski definition) is 0. The molecule has 1 fully saturated rings. The molecule has 0 spiro atoms. The van der Waals surface area contributed by atoms with E-state index in [1.54, 1.807) is 16.7 Å². The van der Waals surface area contributed by atoms with E-state index in [1.165, 1.54) is 0 Å². The highest BCUT2D eigenvalue weighted by molar-refractivity contribution is 5.98. The molecule has 0 unspecified atom stereocenters. The van der Waals surface area contributed by atoms with E-state index in [-0.39, 0.29) is 30.3 Å². The van der Waals surface area contributed by atoms with E-state index in [0.29, 0.717) is 44.8 Å². The Morgan fingerprint density at radius 2 is 2.14 bits per heavy atom. The van der Waals surface area contributed by atoms with Gasteiger partial charge in [-0.2, -0.15) is 0 Å². The minimum atomic E-state index is -0.228. The van der Waals surface area contributed by atoms with Crippen LogP contribution in [0.15, 0.2) is 18.2 Å². The first-order valence-corrected chi connectivity index (χ1v) is 9.97. The summed E-state index contributed by atoms with van der Waals surface area (Å²) in [5, 5.41) is 0. The quantitative estimate of drug-likeness (QED) is 0.699. The molecule has 7 nitrogen and oxygen atoms in total. The van der Waals surface area contributed by atoms with Crippen molar-refractivity contribution < 1.29 is 23.9 Å². The molecule has 0 aliphatic carbocycles.